The van der Waals surface area contributed by atoms with Crippen LogP contribution in [-0.4, -0.2) is 34.4 Å². The number of aromatic nitrogens is 3. The summed E-state index contributed by atoms with van der Waals surface area (Å²) in [7, 11) is -4.21. The average molecular weight is 419 g/mol. The van der Waals surface area contributed by atoms with Crippen LogP contribution in [0.5, 0.6) is 0 Å². The molecule has 144 valence electrons. The van der Waals surface area contributed by atoms with Gasteiger partial charge in [-0.2, -0.15) is 8.42 Å². The normalized spacial score (nSPS) is 11.2. The van der Waals surface area contributed by atoms with Crippen molar-refractivity contribution in [2.45, 2.75) is 18.9 Å². The summed E-state index contributed by atoms with van der Waals surface area (Å²) in [6.07, 6.45) is 0. The number of sulfonamides is 1. The van der Waals surface area contributed by atoms with E-state index in [2.05, 4.69) is 19.7 Å². The van der Waals surface area contributed by atoms with Gasteiger partial charge in [0.2, 0.25) is 5.95 Å². The van der Waals surface area contributed by atoms with Gasteiger partial charge in [-0.1, -0.05) is 35.9 Å². The lowest BCUT2D eigenvalue weighted by atomic mass is 10.00. The summed E-state index contributed by atoms with van der Waals surface area (Å²) in [5, 5.41) is 8.58. The lowest BCUT2D eigenvalue weighted by Gasteiger charge is -2.12. The SMILES string of the molecule is Cc1cccc(C)c1-c1cc(Cl)nc(NS(=O)(=O)c2cccc(C(=O)O)n2)n1. The second-order valence-electron chi connectivity index (χ2n) is 5.94. The van der Waals surface area contributed by atoms with E-state index in [9.17, 15) is 13.2 Å². The Bertz CT molecular complexity index is 1160. The molecule has 2 aromatic heterocycles. The highest BCUT2D eigenvalue weighted by Gasteiger charge is 2.20. The van der Waals surface area contributed by atoms with Crippen molar-refractivity contribution in [2.75, 3.05) is 4.72 Å². The van der Waals surface area contributed by atoms with Gasteiger partial charge in [-0.05, 0) is 37.1 Å². The summed E-state index contributed by atoms with van der Waals surface area (Å²) in [5.74, 6) is -1.58. The molecule has 3 aromatic rings. The van der Waals surface area contributed by atoms with Gasteiger partial charge < -0.3 is 5.11 Å². The highest BCUT2D eigenvalue weighted by atomic mass is 35.5. The standard InChI is InChI=1S/C18H15ClN4O4S/c1-10-5-3-6-11(2)16(10)13-9-14(19)22-18(21-13)23-28(26,27)15-8-4-7-12(20-15)17(24)25/h3-9H,1-2H3,(H,24,25)(H,21,22,23). The van der Waals surface area contributed by atoms with Crippen molar-refractivity contribution < 1.29 is 18.3 Å². The van der Waals surface area contributed by atoms with E-state index in [-0.39, 0.29) is 11.1 Å². The lowest BCUT2D eigenvalue weighted by Crippen LogP contribution is -2.18. The molecule has 2 N–H and O–H groups in total. The van der Waals surface area contributed by atoms with Gasteiger partial charge >= 0.3 is 5.97 Å². The van der Waals surface area contributed by atoms with E-state index >= 15 is 0 Å². The summed E-state index contributed by atoms with van der Waals surface area (Å²) in [6, 6.07) is 10.9. The van der Waals surface area contributed by atoms with Crippen LogP contribution in [0, 0.1) is 13.8 Å². The number of hydrogen-bond acceptors (Lipinski definition) is 6. The topological polar surface area (TPSA) is 122 Å². The molecular formula is C18H15ClN4O4S. The van der Waals surface area contributed by atoms with Crippen LogP contribution >= 0.6 is 11.6 Å². The molecule has 0 unspecified atom stereocenters. The molecule has 0 bridgehead atoms. The largest absolute Gasteiger partial charge is 0.477 e. The van der Waals surface area contributed by atoms with Gasteiger partial charge in [-0.25, -0.2) is 24.5 Å². The van der Waals surface area contributed by atoms with Gasteiger partial charge in [-0.3, -0.25) is 0 Å². The molecule has 0 aliphatic heterocycles. The zero-order valence-electron chi connectivity index (χ0n) is 14.8. The van der Waals surface area contributed by atoms with Gasteiger partial charge in [0.25, 0.3) is 10.0 Å². The van der Waals surface area contributed by atoms with Gasteiger partial charge in [0, 0.05) is 11.6 Å². The van der Waals surface area contributed by atoms with Gasteiger partial charge in [0.05, 0.1) is 5.69 Å². The van der Waals surface area contributed by atoms with E-state index in [1.165, 1.54) is 24.3 Å². The van der Waals surface area contributed by atoms with Crippen molar-refractivity contribution in [1.29, 1.82) is 0 Å². The molecule has 28 heavy (non-hydrogen) atoms. The van der Waals surface area contributed by atoms with Crippen LogP contribution in [0.1, 0.15) is 21.6 Å². The second-order valence-corrected chi connectivity index (χ2v) is 7.95. The molecule has 0 saturated carbocycles. The first-order valence-electron chi connectivity index (χ1n) is 8.02. The number of aryl methyl sites for hydroxylation is 2. The number of hydrogen-bond donors (Lipinski definition) is 2. The van der Waals surface area contributed by atoms with Gasteiger partial charge in [0.15, 0.2) is 5.03 Å². The summed E-state index contributed by atoms with van der Waals surface area (Å²) in [6.45, 7) is 3.81. The number of aromatic carboxylic acids is 1. The van der Waals surface area contributed by atoms with Crippen LogP contribution in [-0.2, 0) is 10.0 Å². The Kier molecular flexibility index (Phi) is 5.30. The maximum absolute atomic E-state index is 12.6. The first-order valence-corrected chi connectivity index (χ1v) is 9.88. The van der Waals surface area contributed by atoms with E-state index in [0.717, 1.165) is 16.7 Å². The fourth-order valence-electron chi connectivity index (χ4n) is 2.67. The van der Waals surface area contributed by atoms with Crippen molar-refractivity contribution >= 4 is 33.5 Å². The minimum absolute atomic E-state index is 0.0533. The summed E-state index contributed by atoms with van der Waals surface area (Å²) < 4.78 is 27.4. The number of carboxylic acids is 1. The first kappa shape index (κ1) is 19.7. The molecule has 2 heterocycles. The monoisotopic (exact) mass is 418 g/mol. The average Bonchev–Trinajstić information content (AvgIpc) is 2.61. The van der Waals surface area contributed by atoms with Crippen LogP contribution in [0.3, 0.4) is 0 Å². The second kappa shape index (κ2) is 7.53. The maximum atomic E-state index is 12.6. The van der Waals surface area contributed by atoms with Gasteiger partial charge in [0.1, 0.15) is 10.8 Å². The molecule has 8 nitrogen and oxygen atoms in total. The van der Waals surface area contributed by atoms with Crippen molar-refractivity contribution in [2.24, 2.45) is 0 Å². The number of anilines is 1. The number of pyridine rings is 1. The van der Waals surface area contributed by atoms with E-state index in [0.29, 0.717) is 5.69 Å². The van der Waals surface area contributed by atoms with Crippen LogP contribution in [0.15, 0.2) is 47.5 Å². The van der Waals surface area contributed by atoms with E-state index in [4.69, 9.17) is 16.7 Å². The zero-order valence-corrected chi connectivity index (χ0v) is 16.4. The van der Waals surface area contributed by atoms with Crippen LogP contribution in [0.25, 0.3) is 11.3 Å². The first-order chi connectivity index (χ1) is 13.2. The Balaban J connectivity index is 2.02. The van der Waals surface area contributed by atoms with Crippen molar-refractivity contribution in [3.63, 3.8) is 0 Å². The number of halogens is 1. The number of nitrogens with zero attached hydrogens (tertiary/aromatic N) is 3. The van der Waals surface area contributed by atoms with Crippen LogP contribution in [0.4, 0.5) is 5.95 Å². The highest BCUT2D eigenvalue weighted by Crippen LogP contribution is 2.28. The van der Waals surface area contributed by atoms with Crippen molar-refractivity contribution in [1.82, 2.24) is 15.0 Å². The van der Waals surface area contributed by atoms with Crippen molar-refractivity contribution in [3.05, 3.63) is 64.4 Å². The third-order valence-corrected chi connectivity index (χ3v) is 5.30. The maximum Gasteiger partial charge on any atom is 0.354 e. The van der Waals surface area contributed by atoms with Crippen LogP contribution in [0.2, 0.25) is 5.15 Å². The minimum Gasteiger partial charge on any atom is -0.477 e. The Hall–Kier alpha value is -3.04. The minimum atomic E-state index is -4.21. The molecule has 0 saturated heterocycles. The molecule has 0 radical (unpaired) electrons. The molecule has 0 aliphatic rings. The molecule has 0 aliphatic carbocycles. The number of rotatable bonds is 5. The summed E-state index contributed by atoms with van der Waals surface area (Å²) >= 11 is 6.07. The Morgan fingerprint density at radius 3 is 2.32 bits per heavy atom. The molecule has 10 heteroatoms. The van der Waals surface area contributed by atoms with E-state index in [1.54, 1.807) is 0 Å². The quantitative estimate of drug-likeness (QED) is 0.609. The van der Waals surface area contributed by atoms with Gasteiger partial charge in [-0.15, -0.1) is 0 Å². The number of carbonyl (C=O) groups is 1. The summed E-state index contributed by atoms with van der Waals surface area (Å²) in [4.78, 5) is 22.8. The third kappa shape index (κ3) is 4.10. The Morgan fingerprint density at radius 1 is 1.04 bits per heavy atom. The molecule has 1 aromatic carbocycles. The zero-order chi connectivity index (χ0) is 20.5. The lowest BCUT2D eigenvalue weighted by molar-refractivity contribution is 0.0689. The summed E-state index contributed by atoms with van der Waals surface area (Å²) in [5.41, 5.74) is 2.77. The molecule has 0 atom stereocenters. The van der Waals surface area contributed by atoms with E-state index < -0.39 is 26.7 Å². The molecule has 0 amide bonds. The van der Waals surface area contributed by atoms with Crippen LogP contribution < -0.4 is 4.72 Å². The Labute approximate surface area is 166 Å². The highest BCUT2D eigenvalue weighted by molar-refractivity contribution is 7.92. The fourth-order valence-corrected chi connectivity index (χ4v) is 3.76. The number of carboxylic acid groups (broad SMARTS) is 1. The number of nitrogens with one attached hydrogen (secondary N) is 1. The van der Waals surface area contributed by atoms with E-state index in [1.807, 2.05) is 32.0 Å². The molecule has 0 fully saturated rings. The molecule has 0 spiro atoms. The van der Waals surface area contributed by atoms with Crippen molar-refractivity contribution in [3.8, 4) is 11.3 Å². The molecule has 3 rings (SSSR count). The fraction of sp³-hybridized carbons (Fsp3) is 0.111. The Morgan fingerprint density at radius 2 is 1.68 bits per heavy atom. The third-order valence-electron chi connectivity index (χ3n) is 3.88. The predicted octanol–water partition coefficient (Wildman–Crippen LogP) is 3.31. The number of benzene rings is 1. The smallest absolute Gasteiger partial charge is 0.354 e. The predicted molar refractivity (Wildman–Crippen MR) is 104 cm³/mol. The molecular weight excluding hydrogens is 404 g/mol.